The van der Waals surface area contributed by atoms with Crippen LogP contribution in [0.25, 0.3) is 5.82 Å². The van der Waals surface area contributed by atoms with Crippen LogP contribution in [0.2, 0.25) is 0 Å². The van der Waals surface area contributed by atoms with Gasteiger partial charge in [0.2, 0.25) is 0 Å². The Labute approximate surface area is 226 Å². The van der Waals surface area contributed by atoms with Gasteiger partial charge in [-0.2, -0.15) is 18.3 Å². The van der Waals surface area contributed by atoms with Crippen LogP contribution in [0.1, 0.15) is 56.9 Å². The number of alkyl halides is 3. The van der Waals surface area contributed by atoms with Crippen LogP contribution in [-0.2, 0) is 12.0 Å². The van der Waals surface area contributed by atoms with E-state index in [4.69, 9.17) is 9.47 Å². The number of aromatic nitrogens is 3. The summed E-state index contributed by atoms with van der Waals surface area (Å²) in [4.78, 5) is 31.5. The fourth-order valence-corrected chi connectivity index (χ4v) is 5.10. The zero-order chi connectivity index (χ0) is 28.3. The molecule has 1 aromatic carbocycles. The number of carbonyl (C=O) groups is 2. The van der Waals surface area contributed by atoms with Crippen molar-refractivity contribution >= 4 is 11.8 Å². The first-order valence-corrected chi connectivity index (χ1v) is 12.8. The first-order valence-electron chi connectivity index (χ1n) is 12.8. The lowest BCUT2D eigenvalue weighted by atomic mass is 9.77. The average Bonchev–Trinajstić information content (AvgIpc) is 3.52. The number of aryl methyl sites for hydroxylation is 1. The molecular formula is C27H26F3N5O5. The summed E-state index contributed by atoms with van der Waals surface area (Å²) in [5.41, 5.74) is 0.0450. The Balaban J connectivity index is 1.37. The predicted molar refractivity (Wildman–Crippen MR) is 134 cm³/mol. The highest BCUT2D eigenvalue weighted by Crippen LogP contribution is 2.44. The lowest BCUT2D eigenvalue weighted by Gasteiger charge is -2.41. The summed E-state index contributed by atoms with van der Waals surface area (Å²) in [6.07, 6.45) is -1.12. The van der Waals surface area contributed by atoms with Crippen LogP contribution in [0.15, 0.2) is 36.5 Å². The van der Waals surface area contributed by atoms with Gasteiger partial charge in [0.1, 0.15) is 17.2 Å². The second kappa shape index (κ2) is 9.22. The lowest BCUT2D eigenvalue weighted by Crippen LogP contribution is -2.53. The fraction of sp³-hybridized carbons (Fsp3) is 0.407. The van der Waals surface area contributed by atoms with Crippen molar-refractivity contribution in [3.05, 3.63) is 64.6 Å². The van der Waals surface area contributed by atoms with E-state index in [1.54, 1.807) is 18.3 Å². The molecule has 1 saturated carbocycles. The van der Waals surface area contributed by atoms with E-state index in [0.29, 0.717) is 42.1 Å². The van der Waals surface area contributed by atoms with Crippen LogP contribution in [0.3, 0.4) is 0 Å². The summed E-state index contributed by atoms with van der Waals surface area (Å²) in [7, 11) is 0. The Bertz CT molecular complexity index is 1500. The third-order valence-electron chi connectivity index (χ3n) is 7.40. The molecule has 6 rings (SSSR count). The van der Waals surface area contributed by atoms with Crippen molar-refractivity contribution in [1.29, 1.82) is 0 Å². The molecule has 4 heterocycles. The van der Waals surface area contributed by atoms with Crippen LogP contribution in [0.4, 0.5) is 13.2 Å². The Morgan fingerprint density at radius 1 is 1.25 bits per heavy atom. The van der Waals surface area contributed by atoms with Gasteiger partial charge in [-0.3, -0.25) is 9.59 Å². The zero-order valence-electron chi connectivity index (χ0n) is 21.5. The molecule has 210 valence electrons. The number of rotatable bonds is 6. The van der Waals surface area contributed by atoms with Gasteiger partial charge >= 0.3 is 6.18 Å². The molecule has 3 aromatic rings. The van der Waals surface area contributed by atoms with Gasteiger partial charge in [0.25, 0.3) is 11.8 Å². The van der Waals surface area contributed by atoms with E-state index in [9.17, 15) is 27.9 Å². The molecule has 0 saturated heterocycles. The third kappa shape index (κ3) is 4.85. The van der Waals surface area contributed by atoms with Crippen LogP contribution in [0, 0.1) is 6.92 Å². The topological polar surface area (TPSA) is 128 Å². The van der Waals surface area contributed by atoms with Crippen molar-refractivity contribution in [2.75, 3.05) is 19.8 Å². The number of aliphatic hydroxyl groups is 1. The van der Waals surface area contributed by atoms with Crippen molar-refractivity contribution in [1.82, 2.24) is 25.4 Å². The molecule has 2 aliphatic heterocycles. The Hall–Kier alpha value is -4.13. The van der Waals surface area contributed by atoms with E-state index in [1.165, 1.54) is 16.8 Å². The maximum absolute atomic E-state index is 13.7. The number of nitrogens with zero attached hydrogens (tertiary/aromatic N) is 3. The predicted octanol–water partition coefficient (Wildman–Crippen LogP) is 2.74. The van der Waals surface area contributed by atoms with Crippen LogP contribution < -0.4 is 20.1 Å². The quantitative estimate of drug-likeness (QED) is 0.425. The van der Waals surface area contributed by atoms with Gasteiger partial charge < -0.3 is 25.2 Å². The number of carbonyl (C=O) groups excluding carboxylic acids is 2. The lowest BCUT2D eigenvalue weighted by molar-refractivity contribution is -0.153. The standard InChI is InChI=1S/C27H26F3N5O5/c1-15-2-5-20(31-12-15)35-22(24(37)32-13-25(38)6-7-25)21-18(34-35)11-26(33-23(21)36)8-9-39-19-10-16(3-4-17(19)26)40-14-27(28,29)30/h2-5,10,12,38H,6-9,11,13-14H2,1H3,(H,32,37)(H,33,36)/t26-/m0/s1. The Morgan fingerprint density at radius 3 is 2.75 bits per heavy atom. The molecule has 40 heavy (non-hydrogen) atoms. The number of pyridine rings is 1. The van der Waals surface area contributed by atoms with Crippen LogP contribution in [0.5, 0.6) is 11.5 Å². The van der Waals surface area contributed by atoms with Crippen molar-refractivity contribution in [2.24, 2.45) is 0 Å². The molecule has 2 amide bonds. The molecule has 1 fully saturated rings. The van der Waals surface area contributed by atoms with Crippen molar-refractivity contribution in [3.8, 4) is 17.3 Å². The van der Waals surface area contributed by atoms with E-state index in [0.717, 1.165) is 5.56 Å². The molecule has 10 nitrogen and oxygen atoms in total. The van der Waals surface area contributed by atoms with E-state index >= 15 is 0 Å². The highest BCUT2D eigenvalue weighted by atomic mass is 19.4. The molecule has 1 atom stereocenters. The first-order chi connectivity index (χ1) is 19.0. The van der Waals surface area contributed by atoms with Gasteiger partial charge in [-0.15, -0.1) is 0 Å². The van der Waals surface area contributed by atoms with Gasteiger partial charge in [-0.1, -0.05) is 6.07 Å². The molecule has 3 N–H and O–H groups in total. The van der Waals surface area contributed by atoms with Gasteiger partial charge in [0, 0.05) is 37.2 Å². The highest BCUT2D eigenvalue weighted by molar-refractivity contribution is 6.08. The number of ether oxygens (including phenoxy) is 2. The number of nitrogens with one attached hydrogen (secondary N) is 2. The molecule has 0 unspecified atom stereocenters. The Kier molecular flexibility index (Phi) is 6.02. The summed E-state index contributed by atoms with van der Waals surface area (Å²) >= 11 is 0. The summed E-state index contributed by atoms with van der Waals surface area (Å²) in [5.74, 6) is -0.468. The number of benzene rings is 1. The number of amides is 2. The largest absolute Gasteiger partial charge is 0.493 e. The highest BCUT2D eigenvalue weighted by Gasteiger charge is 2.47. The molecule has 3 aliphatic rings. The van der Waals surface area contributed by atoms with Crippen molar-refractivity contribution in [3.63, 3.8) is 0 Å². The summed E-state index contributed by atoms with van der Waals surface area (Å²) in [6.45, 7) is 0.664. The van der Waals surface area contributed by atoms with E-state index in [1.807, 2.05) is 13.0 Å². The summed E-state index contributed by atoms with van der Waals surface area (Å²) in [6, 6.07) is 7.86. The second-order valence-electron chi connectivity index (χ2n) is 10.6. The average molecular weight is 558 g/mol. The van der Waals surface area contributed by atoms with E-state index < -0.39 is 35.7 Å². The number of halogens is 3. The monoisotopic (exact) mass is 557 g/mol. The molecule has 0 radical (unpaired) electrons. The maximum Gasteiger partial charge on any atom is 0.422 e. The van der Waals surface area contributed by atoms with Crippen LogP contribution in [-0.4, -0.2) is 63.2 Å². The zero-order valence-corrected chi connectivity index (χ0v) is 21.5. The molecule has 13 heteroatoms. The minimum Gasteiger partial charge on any atom is -0.493 e. The van der Waals surface area contributed by atoms with Gasteiger partial charge in [-0.05, 0) is 43.5 Å². The van der Waals surface area contributed by atoms with E-state index in [2.05, 4.69) is 20.7 Å². The number of hydrogen-bond acceptors (Lipinski definition) is 7. The molecule has 0 bridgehead atoms. The van der Waals surface area contributed by atoms with Crippen molar-refractivity contribution in [2.45, 2.75) is 49.9 Å². The molecule has 1 spiro atoms. The molecular weight excluding hydrogens is 531 g/mol. The summed E-state index contributed by atoms with van der Waals surface area (Å²) in [5, 5.41) is 20.6. The maximum atomic E-state index is 13.7. The minimum atomic E-state index is -4.49. The fourth-order valence-electron chi connectivity index (χ4n) is 5.10. The van der Waals surface area contributed by atoms with E-state index in [-0.39, 0.29) is 36.6 Å². The van der Waals surface area contributed by atoms with Gasteiger partial charge in [0.15, 0.2) is 12.4 Å². The Morgan fingerprint density at radius 2 is 2.05 bits per heavy atom. The van der Waals surface area contributed by atoms with Crippen molar-refractivity contribution < 1.29 is 37.3 Å². The number of fused-ring (bicyclic) bond motifs is 3. The van der Waals surface area contributed by atoms with Gasteiger partial charge in [0.05, 0.1) is 29.0 Å². The second-order valence-corrected chi connectivity index (χ2v) is 10.6. The SMILES string of the molecule is Cc1ccc(-n2nc3c(c2C(=O)NCC2(O)CC2)C(=O)N[C@@]2(CCOc4cc(OCC(F)(F)F)ccc42)C3)nc1. The third-order valence-corrected chi connectivity index (χ3v) is 7.40. The molecule has 2 aromatic heterocycles. The minimum absolute atomic E-state index is 0.00568. The van der Waals surface area contributed by atoms with Crippen LogP contribution >= 0.6 is 0 Å². The molecule has 1 aliphatic carbocycles. The number of hydrogen-bond donors (Lipinski definition) is 3. The smallest absolute Gasteiger partial charge is 0.422 e. The van der Waals surface area contributed by atoms with Gasteiger partial charge in [-0.25, -0.2) is 9.67 Å². The normalized spacial score (nSPS) is 20.7. The summed E-state index contributed by atoms with van der Waals surface area (Å²) < 4.78 is 49.8. The first kappa shape index (κ1) is 26.1.